The van der Waals surface area contributed by atoms with E-state index in [2.05, 4.69) is 49.6 Å². The van der Waals surface area contributed by atoms with Gasteiger partial charge in [0.1, 0.15) is 34.8 Å². The summed E-state index contributed by atoms with van der Waals surface area (Å²) in [7, 11) is 3.32. The van der Waals surface area contributed by atoms with Crippen LogP contribution in [0.15, 0.2) is 72.8 Å². The normalized spacial score (nSPS) is 13.4. The second kappa shape index (κ2) is 19.3. The van der Waals surface area contributed by atoms with E-state index in [0.717, 1.165) is 33.8 Å². The topological polar surface area (TPSA) is 77.5 Å². The molecule has 8 heteroatoms. The van der Waals surface area contributed by atoms with Gasteiger partial charge in [-0.25, -0.2) is 0 Å². The van der Waals surface area contributed by atoms with Gasteiger partial charge >= 0.3 is 11.9 Å². The Labute approximate surface area is 313 Å². The zero-order valence-electron chi connectivity index (χ0n) is 33.8. The molecule has 0 fully saturated rings. The molecule has 3 aromatic carbocycles. The molecule has 0 aliphatic carbocycles. The summed E-state index contributed by atoms with van der Waals surface area (Å²) >= 11 is 0. The number of methoxy groups -OCH3 is 2. The Kier molecular flexibility index (Phi) is 15.8. The van der Waals surface area contributed by atoms with E-state index in [1.807, 2.05) is 102 Å². The molecule has 286 valence electrons. The molecular formula is C44H64N2O6. The molecule has 52 heavy (non-hydrogen) atoms. The quantitative estimate of drug-likeness (QED) is 0.121. The molecule has 2 atom stereocenters. The molecule has 0 amide bonds. The van der Waals surface area contributed by atoms with Gasteiger partial charge in [0.25, 0.3) is 0 Å². The lowest BCUT2D eigenvalue weighted by atomic mass is 9.97. The van der Waals surface area contributed by atoms with Crippen LogP contribution in [0.4, 0.5) is 0 Å². The van der Waals surface area contributed by atoms with Crippen molar-refractivity contribution < 1.29 is 28.5 Å². The molecule has 3 aromatic rings. The van der Waals surface area contributed by atoms with Crippen LogP contribution in [0.1, 0.15) is 104 Å². The van der Waals surface area contributed by atoms with Crippen molar-refractivity contribution in [1.29, 1.82) is 0 Å². The maximum Gasteiger partial charge on any atom is 0.323 e. The molecule has 0 unspecified atom stereocenters. The molecule has 8 nitrogen and oxygen atoms in total. The average Bonchev–Trinajstić information content (AvgIpc) is 3.05. The highest BCUT2D eigenvalue weighted by Gasteiger charge is 2.34. The largest absolute Gasteiger partial charge is 0.497 e. The van der Waals surface area contributed by atoms with Crippen LogP contribution in [-0.2, 0) is 45.2 Å². The van der Waals surface area contributed by atoms with E-state index in [0.29, 0.717) is 39.0 Å². The fourth-order valence-electron chi connectivity index (χ4n) is 6.21. The predicted molar refractivity (Wildman–Crippen MR) is 209 cm³/mol. The minimum absolute atomic E-state index is 0.227. The Morgan fingerprint density at radius 2 is 0.865 bits per heavy atom. The van der Waals surface area contributed by atoms with Crippen molar-refractivity contribution in [3.63, 3.8) is 0 Å². The van der Waals surface area contributed by atoms with Crippen molar-refractivity contribution in [2.24, 2.45) is 11.8 Å². The number of nitrogens with zero attached hydrogens (tertiary/aromatic N) is 2. The van der Waals surface area contributed by atoms with E-state index in [4.69, 9.17) is 18.9 Å². The number of carbonyl (C=O) groups is 2. The third-order valence-corrected chi connectivity index (χ3v) is 8.58. The first-order valence-electron chi connectivity index (χ1n) is 18.6. The highest BCUT2D eigenvalue weighted by atomic mass is 16.6. The number of carbonyl (C=O) groups excluding carboxylic acids is 2. The first kappa shape index (κ1) is 42.5. The van der Waals surface area contributed by atoms with Crippen molar-refractivity contribution in [2.75, 3.05) is 14.2 Å². The molecule has 0 aromatic heterocycles. The highest BCUT2D eigenvalue weighted by Crippen LogP contribution is 2.27. The van der Waals surface area contributed by atoms with Gasteiger partial charge < -0.3 is 18.9 Å². The number of hydrogen-bond acceptors (Lipinski definition) is 8. The van der Waals surface area contributed by atoms with Gasteiger partial charge in [-0.2, -0.15) is 0 Å². The fourth-order valence-corrected chi connectivity index (χ4v) is 6.21. The van der Waals surface area contributed by atoms with Crippen LogP contribution in [0.5, 0.6) is 11.5 Å². The summed E-state index contributed by atoms with van der Waals surface area (Å²) in [6.07, 6.45) is 1.29. The van der Waals surface area contributed by atoms with E-state index in [-0.39, 0.29) is 23.8 Å². The molecule has 0 bridgehead atoms. The third kappa shape index (κ3) is 14.3. The zero-order valence-corrected chi connectivity index (χ0v) is 33.8. The number of rotatable bonds is 18. The van der Waals surface area contributed by atoms with Gasteiger partial charge in [0.15, 0.2) is 0 Å². The molecule has 0 spiro atoms. The van der Waals surface area contributed by atoms with Gasteiger partial charge in [-0.3, -0.25) is 19.4 Å². The van der Waals surface area contributed by atoms with Crippen molar-refractivity contribution in [3.8, 4) is 11.5 Å². The fraction of sp³-hybridized carbons (Fsp3) is 0.545. The second-order valence-corrected chi connectivity index (χ2v) is 16.6. The Morgan fingerprint density at radius 3 is 1.13 bits per heavy atom. The maximum absolute atomic E-state index is 14.0. The number of ether oxygens (including phenoxy) is 4. The molecular weight excluding hydrogens is 652 g/mol. The predicted octanol–water partition coefficient (Wildman–Crippen LogP) is 9.22. The van der Waals surface area contributed by atoms with Gasteiger partial charge in [0.05, 0.1) is 14.2 Å². The van der Waals surface area contributed by atoms with Crippen LogP contribution in [0.3, 0.4) is 0 Å². The van der Waals surface area contributed by atoms with Gasteiger partial charge in [0.2, 0.25) is 0 Å². The molecule has 0 saturated carbocycles. The van der Waals surface area contributed by atoms with Crippen LogP contribution in [-0.4, -0.2) is 59.2 Å². The van der Waals surface area contributed by atoms with E-state index >= 15 is 0 Å². The molecule has 0 aliphatic heterocycles. The van der Waals surface area contributed by atoms with Crippen molar-refractivity contribution in [2.45, 2.75) is 132 Å². The van der Waals surface area contributed by atoms with Crippen molar-refractivity contribution >= 4 is 11.9 Å². The summed E-state index contributed by atoms with van der Waals surface area (Å²) in [5, 5.41) is 0. The first-order valence-corrected chi connectivity index (χ1v) is 18.6. The summed E-state index contributed by atoms with van der Waals surface area (Å²) in [6.45, 7) is 22.1. The SMILES string of the molecule is COc1ccc(CN(Cc2ccccc2CN(Cc2ccc(OC)cc2)[C@@H](CC(C)C)C(=O)OC(C)(C)C)[C@@H](CC(C)C)C(=O)OC(C)(C)C)cc1. The van der Waals surface area contributed by atoms with Gasteiger partial charge in [-0.05, 0) is 113 Å². The lowest BCUT2D eigenvalue weighted by molar-refractivity contribution is -0.164. The Balaban J connectivity index is 2.10. The van der Waals surface area contributed by atoms with Crippen LogP contribution >= 0.6 is 0 Å². The molecule has 0 aliphatic rings. The standard InChI is InChI=1S/C44H64N2O6/c1-31(2)25-39(41(47)51-43(5,6)7)45(27-33-17-21-37(49-11)22-18-33)29-35-15-13-14-16-36(35)30-46(28-34-19-23-38(50-12)24-20-34)40(26-32(3)4)42(48)52-44(8,9)10/h13-24,31-32,39-40H,25-30H2,1-12H3/t39-,40-/m0/s1. The lowest BCUT2D eigenvalue weighted by Gasteiger charge is -2.36. The second-order valence-electron chi connectivity index (χ2n) is 16.6. The van der Waals surface area contributed by atoms with Gasteiger partial charge in [-0.15, -0.1) is 0 Å². The van der Waals surface area contributed by atoms with Crippen molar-refractivity contribution in [1.82, 2.24) is 9.80 Å². The first-order chi connectivity index (χ1) is 24.4. The molecule has 0 heterocycles. The molecule has 0 saturated heterocycles. The van der Waals surface area contributed by atoms with E-state index < -0.39 is 23.3 Å². The number of benzene rings is 3. The van der Waals surface area contributed by atoms with Crippen LogP contribution in [0, 0.1) is 11.8 Å². The minimum atomic E-state index is -0.620. The Hall–Kier alpha value is -3.88. The van der Waals surface area contributed by atoms with Crippen LogP contribution < -0.4 is 9.47 Å². The Bertz CT molecular complexity index is 1420. The van der Waals surface area contributed by atoms with E-state index in [1.54, 1.807) is 14.2 Å². The van der Waals surface area contributed by atoms with E-state index in [9.17, 15) is 9.59 Å². The summed E-state index contributed by atoms with van der Waals surface area (Å²) in [5.41, 5.74) is 3.06. The molecule has 0 radical (unpaired) electrons. The highest BCUT2D eigenvalue weighted by molar-refractivity contribution is 5.77. The van der Waals surface area contributed by atoms with Crippen LogP contribution in [0.2, 0.25) is 0 Å². The lowest BCUT2D eigenvalue weighted by Crippen LogP contribution is -2.45. The maximum atomic E-state index is 14.0. The minimum Gasteiger partial charge on any atom is -0.497 e. The summed E-state index contributed by atoms with van der Waals surface area (Å²) in [5.74, 6) is 1.63. The third-order valence-electron chi connectivity index (χ3n) is 8.58. The van der Waals surface area contributed by atoms with Crippen LogP contribution in [0.25, 0.3) is 0 Å². The van der Waals surface area contributed by atoms with E-state index in [1.165, 1.54) is 0 Å². The van der Waals surface area contributed by atoms with Gasteiger partial charge in [-0.1, -0.05) is 76.2 Å². The van der Waals surface area contributed by atoms with Gasteiger partial charge in [0, 0.05) is 26.2 Å². The smallest absolute Gasteiger partial charge is 0.323 e. The summed E-state index contributed by atoms with van der Waals surface area (Å²) < 4.78 is 22.9. The Morgan fingerprint density at radius 1 is 0.538 bits per heavy atom. The number of esters is 2. The number of hydrogen-bond donors (Lipinski definition) is 0. The monoisotopic (exact) mass is 716 g/mol. The zero-order chi connectivity index (χ0) is 38.6. The molecule has 0 N–H and O–H groups in total. The summed E-state index contributed by atoms with van der Waals surface area (Å²) in [6, 6.07) is 23.4. The molecule has 3 rings (SSSR count). The average molecular weight is 717 g/mol. The van der Waals surface area contributed by atoms with Crippen molar-refractivity contribution in [3.05, 3.63) is 95.1 Å². The summed E-state index contributed by atoms with van der Waals surface area (Å²) in [4.78, 5) is 32.4.